The number of hydrogen-bond donors (Lipinski definition) is 0. The summed E-state index contributed by atoms with van der Waals surface area (Å²) < 4.78 is 24.4. The Morgan fingerprint density at radius 3 is 2.67 bits per heavy atom. The fourth-order valence-electron chi connectivity index (χ4n) is 1.84. The summed E-state index contributed by atoms with van der Waals surface area (Å²) in [6, 6.07) is 11.4. The zero-order valence-electron chi connectivity index (χ0n) is 11.4. The maximum atomic E-state index is 13.7. The van der Waals surface area contributed by atoms with Gasteiger partial charge in [-0.25, -0.2) is 4.39 Å². The van der Waals surface area contributed by atoms with E-state index in [9.17, 15) is 4.39 Å². The van der Waals surface area contributed by atoms with Crippen LogP contribution in [0.1, 0.15) is 16.7 Å². The number of hydrogen-bond acceptors (Lipinski definition) is 3. The van der Waals surface area contributed by atoms with E-state index in [-0.39, 0.29) is 12.5 Å². The van der Waals surface area contributed by atoms with Crippen molar-refractivity contribution < 1.29 is 13.9 Å². The number of nitrogens with zero attached hydrogens (tertiary/aromatic N) is 1. The predicted molar refractivity (Wildman–Crippen MR) is 78.0 cm³/mol. The smallest absolute Gasteiger partial charge is 0.129 e. The molecule has 0 heterocycles. The Morgan fingerprint density at radius 2 is 2.00 bits per heavy atom. The molecule has 0 aliphatic carbocycles. The summed E-state index contributed by atoms with van der Waals surface area (Å²) in [5.41, 5.74) is 1.47. The summed E-state index contributed by atoms with van der Waals surface area (Å²) in [4.78, 5) is 0. The van der Waals surface area contributed by atoms with Gasteiger partial charge in [-0.3, -0.25) is 0 Å². The van der Waals surface area contributed by atoms with Crippen LogP contribution < -0.4 is 9.47 Å². The van der Waals surface area contributed by atoms with Crippen LogP contribution in [0.4, 0.5) is 4.39 Å². The van der Waals surface area contributed by atoms with Crippen LogP contribution in [-0.2, 0) is 12.5 Å². The first-order valence-corrected chi connectivity index (χ1v) is 6.75. The number of nitriles is 1. The first kappa shape index (κ1) is 15.1. The van der Waals surface area contributed by atoms with Crippen molar-refractivity contribution in [1.82, 2.24) is 0 Å². The van der Waals surface area contributed by atoms with Gasteiger partial charge in [0, 0.05) is 11.1 Å². The zero-order valence-corrected chi connectivity index (χ0v) is 12.2. The lowest BCUT2D eigenvalue weighted by Crippen LogP contribution is -2.01. The predicted octanol–water partition coefficient (Wildman–Crippen LogP) is 4.02. The number of ether oxygens (including phenoxy) is 2. The molecule has 0 aliphatic heterocycles. The largest absolute Gasteiger partial charge is 0.497 e. The van der Waals surface area contributed by atoms with Crippen molar-refractivity contribution in [1.29, 1.82) is 5.26 Å². The number of methoxy groups -OCH3 is 1. The molecule has 0 unspecified atom stereocenters. The number of halogens is 2. The van der Waals surface area contributed by atoms with Gasteiger partial charge in [-0.1, -0.05) is 0 Å². The minimum atomic E-state index is -0.407. The van der Waals surface area contributed by atoms with Gasteiger partial charge in [0.05, 0.1) is 24.6 Å². The first-order chi connectivity index (χ1) is 10.2. The Balaban J connectivity index is 2.18. The molecule has 108 valence electrons. The van der Waals surface area contributed by atoms with Gasteiger partial charge in [-0.15, -0.1) is 11.6 Å². The SMILES string of the molecule is COc1ccc(OCc2cc(C#N)ccc2F)c(CCl)c1. The van der Waals surface area contributed by atoms with Gasteiger partial charge in [0.1, 0.15) is 23.9 Å². The first-order valence-electron chi connectivity index (χ1n) is 6.22. The summed E-state index contributed by atoms with van der Waals surface area (Å²) >= 11 is 5.87. The highest BCUT2D eigenvalue weighted by Crippen LogP contribution is 2.26. The lowest BCUT2D eigenvalue weighted by molar-refractivity contribution is 0.296. The summed E-state index contributed by atoms with van der Waals surface area (Å²) in [6.07, 6.45) is 0. The molecule has 2 aromatic rings. The normalized spacial score (nSPS) is 10.0. The second-order valence-electron chi connectivity index (χ2n) is 4.31. The van der Waals surface area contributed by atoms with Crippen molar-refractivity contribution in [2.75, 3.05) is 7.11 Å². The van der Waals surface area contributed by atoms with E-state index in [1.54, 1.807) is 25.3 Å². The molecule has 21 heavy (non-hydrogen) atoms. The lowest BCUT2D eigenvalue weighted by Gasteiger charge is -2.12. The maximum Gasteiger partial charge on any atom is 0.129 e. The van der Waals surface area contributed by atoms with E-state index < -0.39 is 5.82 Å². The van der Waals surface area contributed by atoms with E-state index >= 15 is 0 Å². The van der Waals surface area contributed by atoms with Crippen LogP contribution in [0.15, 0.2) is 36.4 Å². The molecule has 0 saturated heterocycles. The highest BCUT2D eigenvalue weighted by Gasteiger charge is 2.08. The average Bonchev–Trinajstić information content (AvgIpc) is 2.54. The number of rotatable bonds is 5. The third kappa shape index (κ3) is 3.65. The van der Waals surface area contributed by atoms with Gasteiger partial charge in [0.25, 0.3) is 0 Å². The highest BCUT2D eigenvalue weighted by molar-refractivity contribution is 6.17. The van der Waals surface area contributed by atoms with Crippen molar-refractivity contribution in [2.24, 2.45) is 0 Å². The third-order valence-electron chi connectivity index (χ3n) is 2.97. The van der Waals surface area contributed by atoms with Gasteiger partial charge in [-0.05, 0) is 36.4 Å². The number of alkyl halides is 1. The Kier molecular flexibility index (Phi) is 5.02. The molecule has 2 aromatic carbocycles. The van der Waals surface area contributed by atoms with E-state index in [0.717, 1.165) is 5.56 Å². The number of benzene rings is 2. The van der Waals surface area contributed by atoms with Crippen LogP contribution in [0.25, 0.3) is 0 Å². The molecule has 3 nitrogen and oxygen atoms in total. The average molecular weight is 306 g/mol. The minimum absolute atomic E-state index is 0.0254. The topological polar surface area (TPSA) is 42.2 Å². The standard InChI is InChI=1S/C16H13ClFNO2/c1-20-14-3-5-16(12(7-14)8-17)21-10-13-6-11(9-19)2-4-15(13)18/h2-7H,8,10H2,1H3. The molecule has 0 atom stereocenters. The molecule has 0 saturated carbocycles. The highest BCUT2D eigenvalue weighted by atomic mass is 35.5. The molecule has 0 aliphatic rings. The lowest BCUT2D eigenvalue weighted by atomic mass is 10.1. The van der Waals surface area contributed by atoms with Crippen molar-refractivity contribution >= 4 is 11.6 Å². The van der Waals surface area contributed by atoms with Crippen molar-refractivity contribution in [3.8, 4) is 17.6 Å². The molecular formula is C16H13ClFNO2. The van der Waals surface area contributed by atoms with Crippen molar-refractivity contribution in [3.05, 3.63) is 58.9 Å². The molecule has 5 heteroatoms. The third-order valence-corrected chi connectivity index (χ3v) is 3.26. The summed E-state index contributed by atoms with van der Waals surface area (Å²) in [7, 11) is 1.57. The molecule has 2 rings (SSSR count). The Labute approximate surface area is 127 Å². The zero-order chi connectivity index (χ0) is 15.2. The van der Waals surface area contributed by atoms with Crippen LogP contribution in [0.3, 0.4) is 0 Å². The van der Waals surface area contributed by atoms with Gasteiger partial charge in [-0.2, -0.15) is 5.26 Å². The Hall–Kier alpha value is -2.25. The van der Waals surface area contributed by atoms with Crippen LogP contribution in [0.2, 0.25) is 0 Å². The fourth-order valence-corrected chi connectivity index (χ4v) is 2.05. The molecule has 0 bridgehead atoms. The van der Waals surface area contributed by atoms with Gasteiger partial charge >= 0.3 is 0 Å². The van der Waals surface area contributed by atoms with E-state index in [1.165, 1.54) is 18.2 Å². The van der Waals surface area contributed by atoms with Crippen LogP contribution in [0.5, 0.6) is 11.5 Å². The van der Waals surface area contributed by atoms with Crippen molar-refractivity contribution in [3.63, 3.8) is 0 Å². The van der Waals surface area contributed by atoms with E-state index in [1.807, 2.05) is 6.07 Å². The summed E-state index contributed by atoms with van der Waals surface area (Å²) in [6.45, 7) is 0.0254. The van der Waals surface area contributed by atoms with Crippen LogP contribution in [0, 0.1) is 17.1 Å². The Bertz CT molecular complexity index is 682. The summed E-state index contributed by atoms with van der Waals surface area (Å²) in [5.74, 6) is 1.09. The van der Waals surface area contributed by atoms with Gasteiger partial charge in [0.2, 0.25) is 0 Å². The molecule has 0 radical (unpaired) electrons. The molecule has 0 spiro atoms. The van der Waals surface area contributed by atoms with E-state index in [0.29, 0.717) is 22.6 Å². The van der Waals surface area contributed by atoms with Gasteiger partial charge < -0.3 is 9.47 Å². The quantitative estimate of drug-likeness (QED) is 0.783. The summed E-state index contributed by atoms with van der Waals surface area (Å²) in [5, 5.41) is 8.83. The van der Waals surface area contributed by atoms with Gasteiger partial charge in [0.15, 0.2) is 0 Å². The Morgan fingerprint density at radius 1 is 1.19 bits per heavy atom. The maximum absolute atomic E-state index is 13.7. The minimum Gasteiger partial charge on any atom is -0.497 e. The monoisotopic (exact) mass is 305 g/mol. The van der Waals surface area contributed by atoms with E-state index in [2.05, 4.69) is 0 Å². The molecule has 0 fully saturated rings. The molecule has 0 aromatic heterocycles. The van der Waals surface area contributed by atoms with Crippen molar-refractivity contribution in [2.45, 2.75) is 12.5 Å². The molecular weight excluding hydrogens is 293 g/mol. The second-order valence-corrected chi connectivity index (χ2v) is 4.58. The molecule has 0 N–H and O–H groups in total. The van der Waals surface area contributed by atoms with Crippen LogP contribution in [-0.4, -0.2) is 7.11 Å². The fraction of sp³-hybridized carbons (Fsp3) is 0.188. The van der Waals surface area contributed by atoms with Crippen LogP contribution >= 0.6 is 11.6 Å². The van der Waals surface area contributed by atoms with E-state index in [4.69, 9.17) is 26.3 Å². The molecule has 0 amide bonds. The second kappa shape index (κ2) is 6.96.